The Morgan fingerprint density at radius 2 is 1.45 bits per heavy atom. The number of nitrogens with two attached hydrogens (primary N) is 2. The molecule has 5 N–H and O–H groups in total. The lowest BCUT2D eigenvalue weighted by Crippen LogP contribution is -2.88. The molecule has 0 aliphatic rings. The van der Waals surface area contributed by atoms with E-state index in [-0.39, 0.29) is 6.04 Å². The van der Waals surface area contributed by atoms with Crippen LogP contribution in [0, 0.1) is 0 Å². The maximum atomic E-state index is 12.3. The summed E-state index contributed by atoms with van der Waals surface area (Å²) in [5, 5.41) is 4.09. The van der Waals surface area contributed by atoms with Crippen molar-refractivity contribution in [3.8, 4) is 0 Å². The van der Waals surface area contributed by atoms with Crippen LogP contribution in [0.3, 0.4) is 0 Å². The lowest BCUT2D eigenvalue weighted by Gasteiger charge is -2.19. The van der Waals surface area contributed by atoms with Crippen molar-refractivity contribution in [1.29, 1.82) is 0 Å². The Bertz CT molecular complexity index is 629. The van der Waals surface area contributed by atoms with Crippen LogP contribution in [-0.4, -0.2) is 11.9 Å². The number of imide groups is 1. The summed E-state index contributed by atoms with van der Waals surface area (Å²) in [6, 6.07) is 17.9. The predicted molar refractivity (Wildman–Crippen MR) is 83.7 cm³/mol. The number of carbonyl (C=O) groups is 2. The zero-order chi connectivity index (χ0) is 15.9. The van der Waals surface area contributed by atoms with E-state index >= 15 is 0 Å². The molecule has 5 heteroatoms. The van der Waals surface area contributed by atoms with E-state index in [2.05, 4.69) is 5.32 Å². The average molecular weight is 298 g/mol. The monoisotopic (exact) mass is 298 g/mol. The summed E-state index contributed by atoms with van der Waals surface area (Å²) in [5.74, 6) is -0.415. The molecule has 22 heavy (non-hydrogen) atoms. The van der Waals surface area contributed by atoms with Crippen LogP contribution in [0.1, 0.15) is 30.1 Å². The van der Waals surface area contributed by atoms with Gasteiger partial charge in [0, 0.05) is 11.1 Å². The van der Waals surface area contributed by atoms with Gasteiger partial charge in [0.05, 0.1) is 0 Å². The molecule has 114 valence electrons. The van der Waals surface area contributed by atoms with Gasteiger partial charge in [0.25, 0.3) is 5.91 Å². The quantitative estimate of drug-likeness (QED) is 0.775. The van der Waals surface area contributed by atoms with Crippen LogP contribution in [-0.2, 0) is 4.79 Å². The summed E-state index contributed by atoms with van der Waals surface area (Å²) < 4.78 is 0. The molecule has 0 saturated heterocycles. The largest absolute Gasteiger partial charge is 0.351 e. The summed E-state index contributed by atoms with van der Waals surface area (Å²) in [6.45, 7) is 2.02. The molecule has 0 bridgehead atoms. The third kappa shape index (κ3) is 4.17. The van der Waals surface area contributed by atoms with E-state index in [4.69, 9.17) is 5.73 Å². The molecule has 2 rings (SSSR count). The minimum atomic E-state index is -0.841. The summed E-state index contributed by atoms with van der Waals surface area (Å²) in [6.07, 6.45) is 0. The number of nitrogens with one attached hydrogen (secondary N) is 1. The first kappa shape index (κ1) is 15.7. The number of rotatable bonds is 5. The van der Waals surface area contributed by atoms with E-state index in [1.54, 1.807) is 0 Å². The smallest absolute Gasteiger partial charge is 0.319 e. The molecule has 0 aliphatic heterocycles. The summed E-state index contributed by atoms with van der Waals surface area (Å²) >= 11 is 0. The van der Waals surface area contributed by atoms with Gasteiger partial charge in [-0.25, -0.2) is 4.79 Å². The average Bonchev–Trinajstić information content (AvgIpc) is 2.53. The van der Waals surface area contributed by atoms with Gasteiger partial charge in [0.1, 0.15) is 6.04 Å². The molecule has 0 heterocycles. The molecule has 0 radical (unpaired) electrons. The van der Waals surface area contributed by atoms with E-state index in [1.165, 1.54) is 0 Å². The van der Waals surface area contributed by atoms with Crippen molar-refractivity contribution in [2.24, 2.45) is 5.73 Å². The first-order valence-corrected chi connectivity index (χ1v) is 7.13. The molecule has 0 unspecified atom stereocenters. The number of amides is 3. The SMILES string of the molecule is C[C@@H]([NH2+][C@@H](C(=O)NC(N)=O)c1ccccc1)c1ccccc1. The summed E-state index contributed by atoms with van der Waals surface area (Å²) in [7, 11) is 0. The third-order valence-electron chi connectivity index (χ3n) is 3.49. The molecule has 0 fully saturated rings. The third-order valence-corrected chi connectivity index (χ3v) is 3.49. The standard InChI is InChI=1S/C17H19N3O2/c1-12(13-8-4-2-5-9-13)19-15(16(21)20-17(18)22)14-10-6-3-7-11-14/h2-12,15,19H,1H3,(H3,18,20,21,22)/p+1/t12-,15-/m1/s1. The molecule has 2 aromatic rings. The Labute approximate surface area is 129 Å². The molecule has 2 aromatic carbocycles. The van der Waals surface area contributed by atoms with Crippen molar-refractivity contribution >= 4 is 11.9 Å². The number of hydrogen-bond donors (Lipinski definition) is 3. The Morgan fingerprint density at radius 1 is 0.955 bits per heavy atom. The number of urea groups is 1. The molecule has 2 atom stereocenters. The van der Waals surface area contributed by atoms with Gasteiger partial charge in [-0.3, -0.25) is 10.1 Å². The second-order valence-corrected chi connectivity index (χ2v) is 5.13. The molecule has 5 nitrogen and oxygen atoms in total. The molecule has 0 spiro atoms. The Hall–Kier alpha value is -2.66. The highest BCUT2D eigenvalue weighted by Gasteiger charge is 2.27. The van der Waals surface area contributed by atoms with Crippen molar-refractivity contribution in [3.05, 3.63) is 71.8 Å². The molecule has 3 amide bonds. The number of quaternary nitrogens is 1. The number of primary amides is 1. The molecular weight excluding hydrogens is 278 g/mol. The van der Waals surface area contributed by atoms with Crippen LogP contribution in [0.5, 0.6) is 0 Å². The zero-order valence-electron chi connectivity index (χ0n) is 12.4. The van der Waals surface area contributed by atoms with Gasteiger partial charge in [-0.15, -0.1) is 0 Å². The number of benzene rings is 2. The second-order valence-electron chi connectivity index (χ2n) is 5.13. The molecular formula is C17H20N3O2+. The molecule has 0 aromatic heterocycles. The highest BCUT2D eigenvalue weighted by atomic mass is 16.2. The first-order valence-electron chi connectivity index (χ1n) is 7.13. The fraction of sp³-hybridized carbons (Fsp3) is 0.176. The molecule has 0 aliphatic carbocycles. The van der Waals surface area contributed by atoms with Gasteiger partial charge in [0.2, 0.25) is 0 Å². The maximum Gasteiger partial charge on any atom is 0.319 e. The Morgan fingerprint density at radius 3 is 1.95 bits per heavy atom. The number of carbonyl (C=O) groups excluding carboxylic acids is 2. The first-order chi connectivity index (χ1) is 10.6. The predicted octanol–water partition coefficient (Wildman–Crippen LogP) is 1.25. The highest BCUT2D eigenvalue weighted by Crippen LogP contribution is 2.13. The van der Waals surface area contributed by atoms with Crippen molar-refractivity contribution in [3.63, 3.8) is 0 Å². The van der Waals surface area contributed by atoms with Gasteiger partial charge < -0.3 is 11.1 Å². The van der Waals surface area contributed by atoms with Crippen LogP contribution < -0.4 is 16.4 Å². The normalized spacial score (nSPS) is 13.1. The summed E-state index contributed by atoms with van der Waals surface area (Å²) in [5.41, 5.74) is 7.00. The van der Waals surface area contributed by atoms with Crippen molar-refractivity contribution in [2.45, 2.75) is 19.0 Å². The highest BCUT2D eigenvalue weighted by molar-refractivity contribution is 5.96. The topological polar surface area (TPSA) is 88.8 Å². The van der Waals surface area contributed by atoms with Gasteiger partial charge in [-0.2, -0.15) is 0 Å². The van der Waals surface area contributed by atoms with Crippen LogP contribution in [0.2, 0.25) is 0 Å². The van der Waals surface area contributed by atoms with Gasteiger partial charge in [-0.1, -0.05) is 60.7 Å². The lowest BCUT2D eigenvalue weighted by atomic mass is 10.0. The second kappa shape index (κ2) is 7.38. The minimum Gasteiger partial charge on any atom is -0.351 e. The van der Waals surface area contributed by atoms with Crippen LogP contribution in [0.25, 0.3) is 0 Å². The van der Waals surface area contributed by atoms with E-state index in [0.717, 1.165) is 11.1 Å². The number of hydrogen-bond acceptors (Lipinski definition) is 2. The van der Waals surface area contributed by atoms with Crippen molar-refractivity contribution < 1.29 is 14.9 Å². The molecule has 0 saturated carbocycles. The zero-order valence-corrected chi connectivity index (χ0v) is 12.4. The fourth-order valence-electron chi connectivity index (χ4n) is 2.37. The van der Waals surface area contributed by atoms with Crippen molar-refractivity contribution in [2.75, 3.05) is 0 Å². The van der Waals surface area contributed by atoms with Gasteiger partial charge in [-0.05, 0) is 6.92 Å². The van der Waals surface area contributed by atoms with Crippen LogP contribution in [0.15, 0.2) is 60.7 Å². The Balaban J connectivity index is 2.21. The van der Waals surface area contributed by atoms with E-state index < -0.39 is 18.0 Å². The summed E-state index contributed by atoms with van der Waals surface area (Å²) in [4.78, 5) is 23.3. The van der Waals surface area contributed by atoms with Crippen molar-refractivity contribution in [1.82, 2.24) is 5.32 Å². The van der Waals surface area contributed by atoms with E-state index in [9.17, 15) is 9.59 Å². The lowest BCUT2D eigenvalue weighted by molar-refractivity contribution is -0.719. The Kier molecular flexibility index (Phi) is 5.27. The van der Waals surface area contributed by atoms with Gasteiger partial charge >= 0.3 is 6.03 Å². The van der Waals surface area contributed by atoms with Crippen LogP contribution >= 0.6 is 0 Å². The fourth-order valence-corrected chi connectivity index (χ4v) is 2.37. The van der Waals surface area contributed by atoms with Gasteiger partial charge in [0.15, 0.2) is 6.04 Å². The van der Waals surface area contributed by atoms with E-state index in [0.29, 0.717) is 0 Å². The maximum absolute atomic E-state index is 12.3. The minimum absolute atomic E-state index is 0.0602. The van der Waals surface area contributed by atoms with Crippen LogP contribution in [0.4, 0.5) is 4.79 Å². The van der Waals surface area contributed by atoms with E-state index in [1.807, 2.05) is 72.9 Å².